The molecule has 0 bridgehead atoms. The number of nitrogens with zero attached hydrogens (tertiary/aromatic N) is 3. The summed E-state index contributed by atoms with van der Waals surface area (Å²) in [6, 6.07) is 0. The van der Waals surface area contributed by atoms with Crippen LogP contribution in [-0.4, -0.2) is 116 Å². The molecule has 3 aliphatic heterocycles. The molecule has 0 aromatic heterocycles. The van der Waals surface area contributed by atoms with Gasteiger partial charge in [0.2, 0.25) is 0 Å². The molecule has 0 N–H and O–H groups in total. The van der Waals surface area contributed by atoms with Gasteiger partial charge in [0.15, 0.2) is 0 Å². The second-order valence-electron chi connectivity index (χ2n) is 12.0. The first-order valence-electron chi connectivity index (χ1n) is 14.3. The monoisotopic (exact) mass is 1200 g/mol. The lowest BCUT2D eigenvalue weighted by molar-refractivity contribution is -0.250. The average molecular weight is 1200 g/mol. The van der Waals surface area contributed by atoms with Crippen molar-refractivity contribution in [3.8, 4) is 0 Å². The Labute approximate surface area is 366 Å². The van der Waals surface area contributed by atoms with Gasteiger partial charge in [-0.1, -0.05) is 70.6 Å². The average Bonchev–Trinajstić information content (AvgIpc) is 3.68. The number of hydrogen-bond donors (Lipinski definition) is 0. The van der Waals surface area contributed by atoms with Crippen molar-refractivity contribution < 1.29 is 158 Å². The molecule has 3 nitrogen and oxygen atoms in total. The Morgan fingerprint density at radius 3 is 0.478 bits per heavy atom. The Bertz CT molecular complexity index is 1670. The molecule has 0 unspecified atom stereocenters. The second-order valence-corrected chi connectivity index (χ2v) is 21.8. The fourth-order valence-electron chi connectivity index (χ4n) is 4.78. The van der Waals surface area contributed by atoms with Gasteiger partial charge in [-0.2, -0.15) is 158 Å². The van der Waals surface area contributed by atoms with E-state index in [1.54, 1.807) is 0 Å². The Hall–Kier alpha value is -0.980. The minimum Gasteiger partial charge on any atom is -0.212 e. The van der Waals surface area contributed by atoms with Gasteiger partial charge in [-0.15, -0.1) is 0 Å². The highest BCUT2D eigenvalue weighted by Gasteiger charge is 2.92. The van der Waals surface area contributed by atoms with Gasteiger partial charge in [-0.25, -0.2) is 14.3 Å². The van der Waals surface area contributed by atoms with Crippen LogP contribution in [0, 0.1) is 0 Å². The van der Waals surface area contributed by atoms with Crippen molar-refractivity contribution in [2.24, 2.45) is 14.3 Å². The minimum absolute atomic E-state index is 1.38. The van der Waals surface area contributed by atoms with E-state index in [1.165, 1.54) is 14.3 Å². The lowest BCUT2D eigenvalue weighted by Gasteiger charge is -2.36. The van der Waals surface area contributed by atoms with Crippen LogP contribution in [0.3, 0.4) is 0 Å². The first kappa shape index (κ1) is 60.3. The molecule has 0 amide bonds. The largest absolute Gasteiger partial charge is 0.421 e. The fraction of sp³-hybridized carbons (Fsp3) is 0.857. The molecule has 0 aromatic carbocycles. The quantitative estimate of drug-likeness (QED) is 0.207. The van der Waals surface area contributed by atoms with Crippen molar-refractivity contribution in [3.63, 3.8) is 0 Å². The maximum absolute atomic E-state index is 14.4. The summed E-state index contributed by atoms with van der Waals surface area (Å²) in [5.74, 6) is 0. The smallest absolute Gasteiger partial charge is 0.212 e. The van der Waals surface area contributed by atoms with Crippen molar-refractivity contribution in [2.75, 3.05) is 0 Å². The number of alkyl halides is 36. The molecule has 67 heavy (non-hydrogen) atoms. The molecule has 0 spiro atoms. The molecule has 46 heteroatoms. The summed E-state index contributed by atoms with van der Waals surface area (Å²) in [6.07, 6.45) is -95.1. The van der Waals surface area contributed by atoms with Crippen molar-refractivity contribution in [1.82, 2.24) is 0 Å². The lowest BCUT2D eigenvalue weighted by Crippen LogP contribution is -2.59. The predicted molar refractivity (Wildman–Crippen MR) is 164 cm³/mol. The number of halogens is 36. The molecule has 3 aliphatic rings. The highest BCUT2D eigenvalue weighted by atomic mass is 32.2. The van der Waals surface area contributed by atoms with Crippen molar-refractivity contribution >= 4 is 94.1 Å². The Morgan fingerprint density at radius 2 is 0.373 bits per heavy atom. The van der Waals surface area contributed by atoms with Crippen molar-refractivity contribution in [1.29, 1.82) is 0 Å². The van der Waals surface area contributed by atoms with Crippen LogP contribution in [-0.2, 0) is 0 Å². The van der Waals surface area contributed by atoms with Crippen LogP contribution in [0.1, 0.15) is 0 Å². The third kappa shape index (κ3) is 8.93. The van der Waals surface area contributed by atoms with Crippen LogP contribution < -0.4 is 0 Å². The summed E-state index contributed by atoms with van der Waals surface area (Å²) in [5.41, 5.74) is 0. The third-order valence-corrected chi connectivity index (χ3v) is 20.3. The Balaban J connectivity index is 2.97. The van der Waals surface area contributed by atoms with Crippen molar-refractivity contribution in [2.45, 2.75) is 101 Å². The third-order valence-electron chi connectivity index (χ3n) is 7.69. The van der Waals surface area contributed by atoms with E-state index in [0.29, 0.717) is 0 Å². The van der Waals surface area contributed by atoms with Gasteiger partial charge in [-0.3, -0.25) is 0 Å². The van der Waals surface area contributed by atoms with Crippen LogP contribution in [0.5, 0.6) is 0 Å². The van der Waals surface area contributed by atoms with E-state index in [0.717, 1.165) is 0 Å². The summed E-state index contributed by atoms with van der Waals surface area (Å²) in [4.78, 5) is 0. The summed E-state index contributed by atoms with van der Waals surface area (Å²) < 4.78 is 472. The van der Waals surface area contributed by atoms with Gasteiger partial charge in [0.1, 0.15) is 15.1 Å². The number of hydrogen-bond acceptors (Lipinski definition) is 9. The normalized spacial score (nSPS) is 25.7. The zero-order chi connectivity index (χ0) is 53.7. The molecule has 3 fully saturated rings. The first-order chi connectivity index (χ1) is 28.7. The second kappa shape index (κ2) is 16.3. The van der Waals surface area contributed by atoms with Crippen LogP contribution in [0.2, 0.25) is 0 Å². The summed E-state index contributed by atoms with van der Waals surface area (Å²) in [5, 5.41) is -13.4. The fourth-order valence-corrected chi connectivity index (χ4v) is 16.0. The summed E-state index contributed by atoms with van der Waals surface area (Å²) in [6.45, 7) is 0. The van der Waals surface area contributed by atoms with E-state index in [1.807, 2.05) is 0 Å². The van der Waals surface area contributed by atoms with Gasteiger partial charge >= 0.3 is 74.1 Å². The SMILES string of the molecule is FC(F)(F)C1(C(F)(F)F)SC(=NP(N=C2SC(C(F)(F)F)(C(F)(F)F)SC2(C(F)(F)F)C(F)(F)F)N=C2SC(C(F)(F)F)(C(F)(F)F)SC2(C(F)(F)F)C(F)(F)F)C(C(F)(F)F)(C(F)(F)F)S1. The molecule has 0 atom stereocenters. The first-order valence-corrected chi connectivity index (χ1v) is 20.4. The minimum atomic E-state index is -8.08. The number of thioether (sulfide) groups is 6. The van der Waals surface area contributed by atoms with E-state index < -0.39 is 195 Å². The highest BCUT2D eigenvalue weighted by Crippen LogP contribution is 2.79. The maximum Gasteiger partial charge on any atom is 0.421 e. The summed E-state index contributed by atoms with van der Waals surface area (Å²) in [7, 11) is -6.93. The molecule has 3 heterocycles. The van der Waals surface area contributed by atoms with Gasteiger partial charge < -0.3 is 0 Å². The molecule has 392 valence electrons. The topological polar surface area (TPSA) is 37.1 Å². The van der Waals surface area contributed by atoms with Gasteiger partial charge in [0.05, 0.1) is 0 Å². The van der Waals surface area contributed by atoms with Crippen LogP contribution >= 0.6 is 78.9 Å². The summed E-state index contributed by atoms with van der Waals surface area (Å²) >= 11 is -20.4. The molecule has 0 radical (unpaired) electrons. The molecule has 0 aliphatic carbocycles. The van der Waals surface area contributed by atoms with Crippen molar-refractivity contribution in [3.05, 3.63) is 0 Å². The lowest BCUT2D eigenvalue weighted by atomic mass is 10.1. The van der Waals surface area contributed by atoms with Crippen LogP contribution in [0.25, 0.3) is 0 Å². The standard InChI is InChI=1S/C21F36N3PS6/c22-10(23,24)4(11(25,26)27)1(62-7(65-4,16(40,41)42)17(43,44)45)58-61(59-2-5(12(28,29)30,13(31,32)33)66-8(63-2,18(46,47)48)19(49,50)51)60-3-6(14(34,35)36,15(37,38)39)67-9(64-3,20(52,53)54)21(55,56)57. The molecule has 3 rings (SSSR count). The van der Waals surface area contributed by atoms with Gasteiger partial charge in [0.25, 0.3) is 34.9 Å². The van der Waals surface area contributed by atoms with E-state index in [-0.39, 0.29) is 0 Å². The zero-order valence-electron chi connectivity index (χ0n) is 28.3. The van der Waals surface area contributed by atoms with Gasteiger partial charge in [0, 0.05) is 0 Å². The number of rotatable bonds is 3. The molecule has 0 aromatic rings. The van der Waals surface area contributed by atoms with E-state index in [2.05, 4.69) is 0 Å². The molecular formula is C21F36N3PS6. The highest BCUT2D eigenvalue weighted by molar-refractivity contribution is 8.33. The van der Waals surface area contributed by atoms with Gasteiger partial charge in [-0.05, 0) is 0 Å². The van der Waals surface area contributed by atoms with E-state index >= 15 is 0 Å². The Kier molecular flexibility index (Phi) is 14.6. The zero-order valence-corrected chi connectivity index (χ0v) is 34.1. The molecular weight excluding hydrogens is 1200 g/mol. The maximum atomic E-state index is 14.4. The predicted octanol–water partition coefficient (Wildman–Crippen LogP) is 15.9. The van der Waals surface area contributed by atoms with E-state index in [4.69, 9.17) is 0 Å². The molecule has 0 saturated carbocycles. The van der Waals surface area contributed by atoms with Crippen LogP contribution in [0.15, 0.2) is 14.3 Å². The van der Waals surface area contributed by atoms with Crippen LogP contribution in [0.4, 0.5) is 158 Å². The Morgan fingerprint density at radius 1 is 0.239 bits per heavy atom. The van der Waals surface area contributed by atoms with E-state index in [9.17, 15) is 158 Å². The molecule has 3 saturated heterocycles.